The lowest BCUT2D eigenvalue weighted by molar-refractivity contribution is -0.872. The SMILES string of the molecule is C[N+](C)(CI)CCNI. The van der Waals surface area contributed by atoms with Crippen LogP contribution in [0, 0.1) is 0 Å². The van der Waals surface area contributed by atoms with Crippen molar-refractivity contribution in [2.75, 3.05) is 31.7 Å². The lowest BCUT2D eigenvalue weighted by Gasteiger charge is -2.26. The van der Waals surface area contributed by atoms with Crippen LogP contribution in [0.5, 0.6) is 0 Å². The molecule has 0 bridgehead atoms. The van der Waals surface area contributed by atoms with Crippen molar-refractivity contribution < 1.29 is 4.48 Å². The van der Waals surface area contributed by atoms with E-state index in [9.17, 15) is 0 Å². The zero-order valence-electron chi connectivity index (χ0n) is 5.82. The Morgan fingerprint density at radius 2 is 2.00 bits per heavy atom. The minimum absolute atomic E-state index is 1.09. The first kappa shape index (κ1) is 10.4. The standard InChI is InChI=1S/C5H13I2N2/c1-9(2,5-6)4-3-8-7/h8H,3-5H2,1-2H3/q+1. The monoisotopic (exact) mass is 355 g/mol. The van der Waals surface area contributed by atoms with Crippen LogP contribution >= 0.6 is 45.5 Å². The van der Waals surface area contributed by atoms with Gasteiger partial charge >= 0.3 is 0 Å². The Morgan fingerprint density at radius 1 is 1.44 bits per heavy atom. The normalized spacial score (nSPS) is 12.0. The molecule has 0 unspecified atom stereocenters. The molecule has 0 saturated carbocycles. The third-order valence-electron chi connectivity index (χ3n) is 1.14. The Morgan fingerprint density at radius 3 is 2.33 bits per heavy atom. The lowest BCUT2D eigenvalue weighted by Crippen LogP contribution is -2.41. The summed E-state index contributed by atoms with van der Waals surface area (Å²) in [6, 6.07) is 0. The molecule has 2 nitrogen and oxygen atoms in total. The van der Waals surface area contributed by atoms with Crippen molar-refractivity contribution in [3.63, 3.8) is 0 Å². The Kier molecular flexibility index (Phi) is 5.87. The van der Waals surface area contributed by atoms with Crippen LogP contribution in [0.2, 0.25) is 0 Å². The van der Waals surface area contributed by atoms with Gasteiger partial charge in [0.25, 0.3) is 0 Å². The molecule has 0 aliphatic carbocycles. The molecule has 1 N–H and O–H groups in total. The summed E-state index contributed by atoms with van der Waals surface area (Å²) in [5.41, 5.74) is 0. The summed E-state index contributed by atoms with van der Waals surface area (Å²) in [7, 11) is 4.47. The first-order chi connectivity index (χ1) is 4.12. The summed E-state index contributed by atoms with van der Waals surface area (Å²) < 4.78 is 5.38. The topological polar surface area (TPSA) is 12.0 Å². The maximum absolute atomic E-state index is 3.11. The van der Waals surface area contributed by atoms with E-state index in [0.29, 0.717) is 0 Å². The van der Waals surface area contributed by atoms with Gasteiger partial charge in [0.15, 0.2) is 0 Å². The van der Waals surface area contributed by atoms with Gasteiger partial charge in [0.2, 0.25) is 0 Å². The zero-order chi connectivity index (χ0) is 7.33. The van der Waals surface area contributed by atoms with E-state index in [1.807, 2.05) is 0 Å². The molecule has 0 atom stereocenters. The number of nitrogens with zero attached hydrogens (tertiary/aromatic N) is 1. The second-order valence-corrected chi connectivity index (χ2v) is 4.11. The summed E-state index contributed by atoms with van der Waals surface area (Å²) in [6.45, 7) is 2.29. The number of likely N-dealkylation sites (N-methyl/N-ethyl adjacent to an activating group) is 1. The highest BCUT2D eigenvalue weighted by Gasteiger charge is 2.10. The van der Waals surface area contributed by atoms with E-state index in [1.54, 1.807) is 0 Å². The van der Waals surface area contributed by atoms with Gasteiger partial charge in [-0.1, -0.05) is 0 Å². The highest BCUT2D eigenvalue weighted by atomic mass is 127. The number of nitrogens with one attached hydrogen (secondary N) is 1. The number of hydrogen-bond acceptors (Lipinski definition) is 1. The van der Waals surface area contributed by atoms with Crippen LogP contribution < -0.4 is 3.53 Å². The molecule has 56 valence electrons. The molecule has 0 amide bonds. The number of hydrogen-bond donors (Lipinski definition) is 1. The van der Waals surface area contributed by atoms with E-state index >= 15 is 0 Å². The minimum atomic E-state index is 1.09. The Bertz CT molecular complexity index is 75.4. The zero-order valence-corrected chi connectivity index (χ0v) is 10.1. The smallest absolute Gasteiger partial charge is 0.129 e. The molecule has 0 aromatic carbocycles. The largest absolute Gasteiger partial charge is 0.319 e. The second kappa shape index (κ2) is 5.09. The van der Waals surface area contributed by atoms with Crippen molar-refractivity contribution in [3.8, 4) is 0 Å². The van der Waals surface area contributed by atoms with Gasteiger partial charge in [-0.2, -0.15) is 0 Å². The summed E-state index contributed by atoms with van der Waals surface area (Å²) in [5, 5.41) is 0. The van der Waals surface area contributed by atoms with Crippen molar-refractivity contribution in [2.24, 2.45) is 0 Å². The fourth-order valence-corrected chi connectivity index (χ4v) is 0.987. The van der Waals surface area contributed by atoms with Gasteiger partial charge < -0.3 is 4.48 Å². The number of alkyl halides is 1. The fraction of sp³-hybridized carbons (Fsp3) is 1.00. The minimum Gasteiger partial charge on any atom is -0.319 e. The lowest BCUT2D eigenvalue weighted by atomic mass is 10.5. The van der Waals surface area contributed by atoms with E-state index in [4.69, 9.17) is 0 Å². The maximum Gasteiger partial charge on any atom is 0.129 e. The molecule has 9 heavy (non-hydrogen) atoms. The molecule has 0 aliphatic rings. The van der Waals surface area contributed by atoms with Crippen LogP contribution in [0.3, 0.4) is 0 Å². The molecule has 0 spiro atoms. The maximum atomic E-state index is 3.11. The summed E-state index contributed by atoms with van der Waals surface area (Å²) >= 11 is 4.59. The first-order valence-corrected chi connectivity index (χ1v) is 5.44. The molecule has 0 fully saturated rings. The molecule has 4 heteroatoms. The van der Waals surface area contributed by atoms with E-state index in [2.05, 4.69) is 63.1 Å². The summed E-state index contributed by atoms with van der Waals surface area (Å²) in [4.78, 5) is 0. The van der Waals surface area contributed by atoms with Gasteiger partial charge in [0.05, 0.1) is 27.2 Å². The average molecular weight is 355 g/mol. The molecule has 0 aromatic heterocycles. The third-order valence-corrected chi connectivity index (χ3v) is 3.52. The van der Waals surface area contributed by atoms with Crippen molar-refractivity contribution in [1.29, 1.82) is 0 Å². The molecule has 0 aliphatic heterocycles. The van der Waals surface area contributed by atoms with Crippen LogP contribution in [-0.4, -0.2) is 36.2 Å². The van der Waals surface area contributed by atoms with Crippen molar-refractivity contribution in [1.82, 2.24) is 3.53 Å². The second-order valence-electron chi connectivity index (χ2n) is 2.66. The van der Waals surface area contributed by atoms with Crippen molar-refractivity contribution >= 4 is 45.5 Å². The van der Waals surface area contributed by atoms with E-state index in [-0.39, 0.29) is 0 Å². The molecular formula is C5H13I2N2+. The molecule has 0 heterocycles. The van der Waals surface area contributed by atoms with E-state index in [0.717, 1.165) is 11.0 Å². The van der Waals surface area contributed by atoms with Crippen molar-refractivity contribution in [3.05, 3.63) is 0 Å². The van der Waals surface area contributed by atoms with Gasteiger partial charge in [-0.3, -0.25) is 3.53 Å². The van der Waals surface area contributed by atoms with Gasteiger partial charge in [0, 0.05) is 22.9 Å². The molecular weight excluding hydrogens is 342 g/mol. The Labute approximate surface area is 84.6 Å². The van der Waals surface area contributed by atoms with Crippen LogP contribution in [-0.2, 0) is 0 Å². The van der Waals surface area contributed by atoms with E-state index < -0.39 is 0 Å². The van der Waals surface area contributed by atoms with Gasteiger partial charge in [-0.05, 0) is 22.6 Å². The molecule has 0 rings (SSSR count). The summed E-state index contributed by atoms with van der Waals surface area (Å²) in [6.07, 6.45) is 0. The van der Waals surface area contributed by atoms with Gasteiger partial charge in [-0.25, -0.2) is 0 Å². The fourth-order valence-electron chi connectivity index (χ4n) is 0.405. The van der Waals surface area contributed by atoms with E-state index in [1.165, 1.54) is 11.1 Å². The molecule has 0 radical (unpaired) electrons. The van der Waals surface area contributed by atoms with Crippen LogP contribution in [0.1, 0.15) is 0 Å². The molecule has 0 saturated heterocycles. The van der Waals surface area contributed by atoms with Gasteiger partial charge in [0.1, 0.15) is 4.55 Å². The Balaban J connectivity index is 3.33. The van der Waals surface area contributed by atoms with Crippen LogP contribution in [0.15, 0.2) is 0 Å². The summed E-state index contributed by atoms with van der Waals surface area (Å²) in [5.74, 6) is 0. The molecule has 0 aromatic rings. The quantitative estimate of drug-likeness (QED) is 0.264. The van der Waals surface area contributed by atoms with Crippen LogP contribution in [0.4, 0.5) is 0 Å². The predicted molar refractivity (Wildman–Crippen MR) is 57.9 cm³/mol. The van der Waals surface area contributed by atoms with Gasteiger partial charge in [-0.15, -0.1) is 0 Å². The first-order valence-electron chi connectivity index (χ1n) is 2.84. The number of quaternary nitrogens is 1. The predicted octanol–water partition coefficient (Wildman–Crippen LogP) is 1.39. The van der Waals surface area contributed by atoms with Crippen molar-refractivity contribution in [2.45, 2.75) is 0 Å². The van der Waals surface area contributed by atoms with Crippen LogP contribution in [0.25, 0.3) is 0 Å². The highest BCUT2D eigenvalue weighted by Crippen LogP contribution is 1.99. The average Bonchev–Trinajstić information content (AvgIpc) is 1.84. The highest BCUT2D eigenvalue weighted by molar-refractivity contribution is 14.1. The third kappa shape index (κ3) is 5.81. The number of rotatable bonds is 4. The number of halogens is 2. The Hall–Kier alpha value is 1.38.